The minimum Gasteiger partial charge on any atom is -0.451 e. The number of anilines is 1. The van der Waals surface area contributed by atoms with Crippen LogP contribution in [0.4, 0.5) is 5.82 Å². The summed E-state index contributed by atoms with van der Waals surface area (Å²) >= 11 is 1.49. The van der Waals surface area contributed by atoms with Crippen molar-refractivity contribution < 1.29 is 14.0 Å². The molecule has 0 bridgehead atoms. The van der Waals surface area contributed by atoms with Crippen molar-refractivity contribution in [3.63, 3.8) is 0 Å². The molecule has 4 aromatic rings. The van der Waals surface area contributed by atoms with E-state index in [1.54, 1.807) is 11.4 Å². The van der Waals surface area contributed by atoms with Gasteiger partial charge in [0, 0.05) is 46.9 Å². The number of rotatable bonds is 4. The van der Waals surface area contributed by atoms with E-state index in [1.807, 2.05) is 35.2 Å². The highest BCUT2D eigenvalue weighted by Crippen LogP contribution is 2.32. The fourth-order valence-corrected chi connectivity index (χ4v) is 5.07. The van der Waals surface area contributed by atoms with Gasteiger partial charge in [-0.05, 0) is 25.0 Å². The number of piperidine rings is 1. The van der Waals surface area contributed by atoms with Crippen LogP contribution in [0.5, 0.6) is 0 Å². The molecular formula is C25H27N5O3S. The molecule has 0 spiro atoms. The minimum atomic E-state index is -0.271. The molecular weight excluding hydrogens is 450 g/mol. The Labute approximate surface area is 201 Å². The number of hydrogen-bond donors (Lipinski definition) is 2. The second kappa shape index (κ2) is 8.72. The third-order valence-electron chi connectivity index (χ3n) is 6.15. The number of thiazole rings is 1. The molecule has 2 amide bonds. The maximum atomic E-state index is 12.9. The summed E-state index contributed by atoms with van der Waals surface area (Å²) in [6.07, 6.45) is 1.60. The highest BCUT2D eigenvalue weighted by molar-refractivity contribution is 7.10. The molecule has 1 fully saturated rings. The quantitative estimate of drug-likeness (QED) is 0.421. The average molecular weight is 478 g/mol. The third-order valence-corrected chi connectivity index (χ3v) is 7.16. The predicted molar refractivity (Wildman–Crippen MR) is 131 cm³/mol. The van der Waals surface area contributed by atoms with E-state index in [2.05, 4.69) is 41.3 Å². The van der Waals surface area contributed by atoms with Crippen molar-refractivity contribution in [3.05, 3.63) is 63.9 Å². The van der Waals surface area contributed by atoms with E-state index in [9.17, 15) is 9.59 Å². The Hall–Kier alpha value is -3.46. The first-order chi connectivity index (χ1) is 16.3. The molecule has 1 saturated heterocycles. The number of nitrogens with zero attached hydrogens (tertiary/aromatic N) is 3. The van der Waals surface area contributed by atoms with Crippen LogP contribution in [0.3, 0.4) is 0 Å². The second-order valence-electron chi connectivity index (χ2n) is 9.66. The zero-order valence-corrected chi connectivity index (χ0v) is 20.2. The van der Waals surface area contributed by atoms with Crippen LogP contribution in [0.2, 0.25) is 0 Å². The number of carbonyl (C=O) groups excluding carboxylic acids is 2. The van der Waals surface area contributed by atoms with Gasteiger partial charge in [0.25, 0.3) is 11.8 Å². The van der Waals surface area contributed by atoms with Crippen LogP contribution in [0.15, 0.2) is 46.2 Å². The average Bonchev–Trinajstić information content (AvgIpc) is 3.57. The van der Waals surface area contributed by atoms with Crippen LogP contribution < -0.4 is 5.32 Å². The van der Waals surface area contributed by atoms with Gasteiger partial charge in [-0.25, -0.2) is 4.98 Å². The van der Waals surface area contributed by atoms with Crippen molar-refractivity contribution >= 4 is 39.9 Å². The number of para-hydroxylation sites is 1. The molecule has 5 rings (SSSR count). The maximum absolute atomic E-state index is 12.9. The van der Waals surface area contributed by atoms with Gasteiger partial charge in [0.05, 0.1) is 5.01 Å². The molecule has 1 aliphatic heterocycles. The van der Waals surface area contributed by atoms with E-state index in [4.69, 9.17) is 4.42 Å². The number of hydrogen-bond acceptors (Lipinski definition) is 6. The van der Waals surface area contributed by atoms with Gasteiger partial charge in [0.1, 0.15) is 11.3 Å². The Morgan fingerprint density at radius 2 is 1.94 bits per heavy atom. The lowest BCUT2D eigenvalue weighted by Crippen LogP contribution is -2.37. The smallest absolute Gasteiger partial charge is 0.289 e. The lowest BCUT2D eigenvalue weighted by molar-refractivity contribution is 0.0683. The van der Waals surface area contributed by atoms with Crippen LogP contribution in [-0.2, 0) is 5.41 Å². The van der Waals surface area contributed by atoms with Crippen LogP contribution in [0.1, 0.15) is 71.3 Å². The summed E-state index contributed by atoms with van der Waals surface area (Å²) in [5.41, 5.74) is 1.98. The van der Waals surface area contributed by atoms with Crippen molar-refractivity contribution in [2.24, 2.45) is 0 Å². The van der Waals surface area contributed by atoms with Crippen molar-refractivity contribution in [1.82, 2.24) is 20.1 Å². The molecule has 0 saturated carbocycles. The highest BCUT2D eigenvalue weighted by Gasteiger charge is 2.28. The van der Waals surface area contributed by atoms with Crippen molar-refractivity contribution in [1.29, 1.82) is 0 Å². The van der Waals surface area contributed by atoms with Crippen molar-refractivity contribution in [3.8, 4) is 0 Å². The lowest BCUT2D eigenvalue weighted by atomic mass is 9.92. The van der Waals surface area contributed by atoms with E-state index in [1.165, 1.54) is 11.3 Å². The van der Waals surface area contributed by atoms with E-state index in [0.29, 0.717) is 30.4 Å². The fraction of sp³-hybridized carbons (Fsp3) is 0.360. The number of carbonyl (C=O) groups is 2. The molecule has 0 unspecified atom stereocenters. The first kappa shape index (κ1) is 22.3. The molecule has 3 aromatic heterocycles. The topological polar surface area (TPSA) is 104 Å². The van der Waals surface area contributed by atoms with Gasteiger partial charge < -0.3 is 14.6 Å². The summed E-state index contributed by atoms with van der Waals surface area (Å²) in [4.78, 5) is 32.0. The van der Waals surface area contributed by atoms with Crippen LogP contribution in [0.25, 0.3) is 11.0 Å². The monoisotopic (exact) mass is 477 g/mol. The molecule has 4 heterocycles. The van der Waals surface area contributed by atoms with Gasteiger partial charge in [-0.3, -0.25) is 14.7 Å². The van der Waals surface area contributed by atoms with E-state index < -0.39 is 0 Å². The molecule has 176 valence electrons. The molecule has 0 atom stereocenters. The van der Waals surface area contributed by atoms with Gasteiger partial charge in [0.2, 0.25) is 0 Å². The van der Waals surface area contributed by atoms with Gasteiger partial charge in [-0.1, -0.05) is 39.0 Å². The fourth-order valence-electron chi connectivity index (χ4n) is 4.10. The molecule has 9 heteroatoms. The predicted octanol–water partition coefficient (Wildman–Crippen LogP) is 5.18. The normalized spacial score (nSPS) is 15.1. The van der Waals surface area contributed by atoms with Gasteiger partial charge in [-0.2, -0.15) is 5.10 Å². The maximum Gasteiger partial charge on any atom is 0.289 e. The summed E-state index contributed by atoms with van der Waals surface area (Å²) in [5.74, 6) is 0.737. The van der Waals surface area contributed by atoms with Crippen LogP contribution in [0, 0.1) is 0 Å². The number of nitrogens with one attached hydrogen (secondary N) is 2. The zero-order chi connectivity index (χ0) is 23.9. The summed E-state index contributed by atoms with van der Waals surface area (Å²) in [6, 6.07) is 11.3. The van der Waals surface area contributed by atoms with E-state index >= 15 is 0 Å². The Kier molecular flexibility index (Phi) is 5.73. The molecule has 1 aromatic carbocycles. The van der Waals surface area contributed by atoms with Crippen molar-refractivity contribution in [2.75, 3.05) is 18.4 Å². The second-order valence-corrected chi connectivity index (χ2v) is 10.5. The van der Waals surface area contributed by atoms with Crippen molar-refractivity contribution in [2.45, 2.75) is 44.9 Å². The minimum absolute atomic E-state index is 0.0789. The third kappa shape index (κ3) is 4.48. The molecule has 2 N–H and O–H groups in total. The zero-order valence-electron chi connectivity index (χ0n) is 19.4. The SMILES string of the molecule is CC(C)(C)c1cc(NC(=O)c2csc(C3CCN(C(=O)c4cc5ccccc5o4)CC3)n2)n[nH]1. The van der Waals surface area contributed by atoms with Crippen LogP contribution in [-0.4, -0.2) is 45.0 Å². The Bertz CT molecular complexity index is 1300. The number of amides is 2. The first-order valence-electron chi connectivity index (χ1n) is 11.4. The number of aromatic amines is 1. The number of aromatic nitrogens is 3. The summed E-state index contributed by atoms with van der Waals surface area (Å²) in [7, 11) is 0. The molecule has 1 aliphatic rings. The first-order valence-corrected chi connectivity index (χ1v) is 12.3. The summed E-state index contributed by atoms with van der Waals surface area (Å²) in [5, 5.41) is 13.6. The number of benzene rings is 1. The molecule has 0 aliphatic carbocycles. The van der Waals surface area contributed by atoms with Crippen LogP contribution >= 0.6 is 11.3 Å². The van der Waals surface area contributed by atoms with Gasteiger partial charge in [0.15, 0.2) is 11.6 Å². The van der Waals surface area contributed by atoms with Gasteiger partial charge in [-0.15, -0.1) is 11.3 Å². The number of H-pyrrole nitrogens is 1. The summed E-state index contributed by atoms with van der Waals surface area (Å²) in [6.45, 7) is 7.49. The molecule has 0 radical (unpaired) electrons. The Morgan fingerprint density at radius 1 is 1.18 bits per heavy atom. The van der Waals surface area contributed by atoms with E-state index in [-0.39, 0.29) is 23.1 Å². The molecule has 34 heavy (non-hydrogen) atoms. The molecule has 8 nitrogen and oxygen atoms in total. The van der Waals surface area contributed by atoms with E-state index in [0.717, 1.165) is 34.5 Å². The summed E-state index contributed by atoms with van der Waals surface area (Å²) < 4.78 is 5.74. The largest absolute Gasteiger partial charge is 0.451 e. The number of likely N-dealkylation sites (tertiary alicyclic amines) is 1. The number of fused-ring (bicyclic) bond motifs is 1. The Balaban J connectivity index is 1.19. The lowest BCUT2D eigenvalue weighted by Gasteiger charge is -2.30. The Morgan fingerprint density at radius 3 is 2.65 bits per heavy atom. The van der Waals surface area contributed by atoms with Gasteiger partial charge >= 0.3 is 0 Å². The highest BCUT2D eigenvalue weighted by atomic mass is 32.1. The standard InChI is InChI=1S/C25H27N5O3S/c1-25(2,3)20-13-21(29-28-20)27-22(31)17-14-34-23(26-17)15-8-10-30(11-9-15)24(32)19-12-16-6-4-5-7-18(16)33-19/h4-7,12-15H,8-11H2,1-3H3,(H2,27,28,29,31). The number of furan rings is 1.